The molecule has 4 aromatic rings. The summed E-state index contributed by atoms with van der Waals surface area (Å²) in [7, 11) is 0. The van der Waals surface area contributed by atoms with Crippen LogP contribution in [-0.2, 0) is 0 Å². The third-order valence-electron chi connectivity index (χ3n) is 5.66. The lowest BCUT2D eigenvalue weighted by atomic mass is 10.0. The van der Waals surface area contributed by atoms with E-state index in [9.17, 15) is 15.2 Å². The van der Waals surface area contributed by atoms with Gasteiger partial charge in [-0.3, -0.25) is 15.1 Å². The molecule has 1 fully saturated rings. The number of aromatic hydroxyl groups is 1. The number of thiocarbonyl (C=S) groups is 1. The zero-order valence-electron chi connectivity index (χ0n) is 17.3. The van der Waals surface area contributed by atoms with Gasteiger partial charge in [-0.15, -0.1) is 0 Å². The smallest absolute Gasteiger partial charge is 0.269 e. The summed E-state index contributed by atoms with van der Waals surface area (Å²) in [6.45, 7) is 0. The Bertz CT molecular complexity index is 1320. The van der Waals surface area contributed by atoms with Crippen LogP contribution in [0.25, 0.3) is 5.69 Å². The van der Waals surface area contributed by atoms with Gasteiger partial charge in [-0.05, 0) is 60.7 Å². The minimum Gasteiger partial charge on any atom is -0.506 e. The van der Waals surface area contributed by atoms with Crippen LogP contribution in [0.5, 0.6) is 5.75 Å². The molecule has 9 heteroatoms. The van der Waals surface area contributed by atoms with Crippen molar-refractivity contribution in [3.8, 4) is 11.4 Å². The van der Waals surface area contributed by atoms with Crippen LogP contribution >= 0.6 is 12.2 Å². The molecule has 0 radical (unpaired) electrons. The molecular weight excluding hydrogens is 438 g/mol. The molecule has 0 saturated carbocycles. The van der Waals surface area contributed by atoms with Crippen molar-refractivity contribution in [1.29, 1.82) is 0 Å². The fourth-order valence-electron chi connectivity index (χ4n) is 4.19. The Labute approximate surface area is 194 Å². The molecule has 2 aromatic heterocycles. The first-order valence-corrected chi connectivity index (χ1v) is 10.7. The van der Waals surface area contributed by atoms with Crippen molar-refractivity contribution >= 4 is 28.7 Å². The third kappa shape index (κ3) is 3.68. The van der Waals surface area contributed by atoms with Gasteiger partial charge in [-0.25, -0.2) is 0 Å². The van der Waals surface area contributed by atoms with Gasteiger partial charge in [0.2, 0.25) is 0 Å². The van der Waals surface area contributed by atoms with Crippen molar-refractivity contribution in [2.45, 2.75) is 12.1 Å². The van der Waals surface area contributed by atoms with Gasteiger partial charge in [0.25, 0.3) is 5.69 Å². The second kappa shape index (κ2) is 8.36. The van der Waals surface area contributed by atoms with Crippen LogP contribution in [0.4, 0.5) is 11.4 Å². The Morgan fingerprint density at radius 1 is 1.00 bits per heavy atom. The molecule has 2 N–H and O–H groups in total. The van der Waals surface area contributed by atoms with Gasteiger partial charge in [0.15, 0.2) is 5.11 Å². The van der Waals surface area contributed by atoms with Crippen LogP contribution in [0, 0.1) is 10.1 Å². The summed E-state index contributed by atoms with van der Waals surface area (Å²) in [6, 6.07) is 22.4. The number of phenols is 1. The maximum absolute atomic E-state index is 11.1. The minimum atomic E-state index is -0.420. The Morgan fingerprint density at radius 3 is 2.45 bits per heavy atom. The fraction of sp³-hybridized carbons (Fsp3) is 0.0833. The lowest BCUT2D eigenvalue weighted by molar-refractivity contribution is -0.384. The quantitative estimate of drug-likeness (QED) is 0.256. The predicted octanol–water partition coefficient (Wildman–Crippen LogP) is 4.66. The van der Waals surface area contributed by atoms with Crippen LogP contribution in [0.1, 0.15) is 23.5 Å². The van der Waals surface area contributed by atoms with E-state index >= 15 is 0 Å². The first-order valence-electron chi connectivity index (χ1n) is 10.3. The second-order valence-corrected chi connectivity index (χ2v) is 7.95. The summed E-state index contributed by atoms with van der Waals surface area (Å²) in [4.78, 5) is 17.1. The predicted molar refractivity (Wildman–Crippen MR) is 128 cm³/mol. The molecule has 2 atom stereocenters. The summed E-state index contributed by atoms with van der Waals surface area (Å²) >= 11 is 5.71. The first-order chi connectivity index (χ1) is 16.0. The highest BCUT2D eigenvalue weighted by Gasteiger charge is 2.42. The molecule has 0 spiro atoms. The van der Waals surface area contributed by atoms with Crippen molar-refractivity contribution in [2.24, 2.45) is 0 Å². The molecule has 0 amide bonds. The van der Waals surface area contributed by atoms with Gasteiger partial charge in [-0.1, -0.05) is 18.2 Å². The van der Waals surface area contributed by atoms with Gasteiger partial charge in [0.05, 0.1) is 22.3 Å². The second-order valence-electron chi connectivity index (χ2n) is 7.56. The third-order valence-corrected chi connectivity index (χ3v) is 5.98. The van der Waals surface area contributed by atoms with Crippen LogP contribution in [0.3, 0.4) is 0 Å². The van der Waals surface area contributed by atoms with Crippen LogP contribution in [-0.4, -0.2) is 24.7 Å². The van der Waals surface area contributed by atoms with E-state index in [1.807, 2.05) is 58.1 Å². The van der Waals surface area contributed by atoms with Crippen LogP contribution < -0.4 is 10.2 Å². The van der Waals surface area contributed by atoms with Gasteiger partial charge < -0.3 is 19.9 Å². The average Bonchev–Trinajstić information content (AvgIpc) is 3.44. The van der Waals surface area contributed by atoms with E-state index < -0.39 is 4.92 Å². The van der Waals surface area contributed by atoms with E-state index in [2.05, 4.69) is 10.3 Å². The summed E-state index contributed by atoms with van der Waals surface area (Å²) in [5.74, 6) is 0.113. The molecule has 1 aliphatic heterocycles. The highest BCUT2D eigenvalue weighted by molar-refractivity contribution is 7.80. The Kier molecular flexibility index (Phi) is 5.23. The van der Waals surface area contributed by atoms with E-state index in [4.69, 9.17) is 12.2 Å². The lowest BCUT2D eigenvalue weighted by Gasteiger charge is -2.29. The number of nitrogens with zero attached hydrogens (tertiary/aromatic N) is 4. The SMILES string of the molecule is O=[N+]([O-])c1ccc(-n2cccc2[C@@H]2[C@@H](c3ccccn3)NC(=S)N2c2ccccc2O)cc1. The molecule has 2 aromatic carbocycles. The van der Waals surface area contributed by atoms with Crippen LogP contribution in [0.2, 0.25) is 0 Å². The first kappa shape index (κ1) is 20.7. The summed E-state index contributed by atoms with van der Waals surface area (Å²) in [5.41, 5.74) is 3.07. The van der Waals surface area contributed by atoms with Crippen molar-refractivity contribution in [3.63, 3.8) is 0 Å². The van der Waals surface area contributed by atoms with Gasteiger partial charge in [-0.2, -0.15) is 0 Å². The van der Waals surface area contributed by atoms with E-state index in [1.165, 1.54) is 12.1 Å². The van der Waals surface area contributed by atoms with E-state index in [-0.39, 0.29) is 23.5 Å². The zero-order chi connectivity index (χ0) is 22.9. The normalized spacial score (nSPS) is 17.7. The number of rotatable bonds is 5. The van der Waals surface area contributed by atoms with E-state index in [0.29, 0.717) is 10.8 Å². The molecular formula is C24H19N5O3S. The number of nitro groups is 1. The molecule has 1 aliphatic rings. The lowest BCUT2D eigenvalue weighted by Crippen LogP contribution is -2.30. The summed E-state index contributed by atoms with van der Waals surface area (Å²) in [6.07, 6.45) is 3.63. The number of phenolic OH excluding ortho intramolecular Hbond substituents is 1. The number of benzene rings is 2. The summed E-state index contributed by atoms with van der Waals surface area (Å²) < 4.78 is 1.97. The number of nitrogens with one attached hydrogen (secondary N) is 1. The van der Waals surface area contributed by atoms with Crippen LogP contribution in [0.15, 0.2) is 91.3 Å². The number of non-ortho nitro benzene ring substituents is 1. The zero-order valence-corrected chi connectivity index (χ0v) is 18.1. The number of anilines is 1. The molecule has 5 rings (SSSR count). The topological polar surface area (TPSA) is 96.5 Å². The molecule has 1 saturated heterocycles. The van der Waals surface area contributed by atoms with Crippen molar-refractivity contribution in [1.82, 2.24) is 14.9 Å². The fourth-order valence-corrected chi connectivity index (χ4v) is 4.53. The molecule has 0 bridgehead atoms. The van der Waals surface area contributed by atoms with Crippen molar-refractivity contribution < 1.29 is 10.0 Å². The molecule has 164 valence electrons. The van der Waals surface area contributed by atoms with Gasteiger partial charge in [0.1, 0.15) is 11.8 Å². The number of hydrogen-bond donors (Lipinski definition) is 2. The standard InChI is InChI=1S/C24H19N5O3S/c30-21-9-2-1-7-19(21)28-23(22(26-24(28)33)18-6-3-4-14-25-18)20-8-5-15-27(20)16-10-12-17(13-11-16)29(31)32/h1-15,22-23,30H,(H,26,33)/t22-,23-/m1/s1. The minimum absolute atomic E-state index is 0.0263. The Hall–Kier alpha value is -4.24. The molecule has 0 unspecified atom stereocenters. The van der Waals surface area contributed by atoms with Gasteiger partial charge in [0, 0.05) is 35.9 Å². The van der Waals surface area contributed by atoms with E-state index in [1.54, 1.807) is 30.5 Å². The van der Waals surface area contributed by atoms with Crippen molar-refractivity contribution in [2.75, 3.05) is 4.90 Å². The van der Waals surface area contributed by atoms with E-state index in [0.717, 1.165) is 17.1 Å². The van der Waals surface area contributed by atoms with Crippen molar-refractivity contribution in [3.05, 3.63) is 113 Å². The number of hydrogen-bond acceptors (Lipinski definition) is 5. The molecule has 3 heterocycles. The Balaban J connectivity index is 1.65. The number of para-hydroxylation sites is 2. The monoisotopic (exact) mass is 457 g/mol. The largest absolute Gasteiger partial charge is 0.506 e. The van der Waals surface area contributed by atoms with Gasteiger partial charge >= 0.3 is 0 Å². The number of nitro benzene ring substituents is 1. The maximum Gasteiger partial charge on any atom is 0.269 e. The highest BCUT2D eigenvalue weighted by Crippen LogP contribution is 2.44. The molecule has 8 nitrogen and oxygen atoms in total. The average molecular weight is 458 g/mol. The summed E-state index contributed by atoms with van der Waals surface area (Å²) in [5, 5.41) is 25.5. The number of aromatic nitrogens is 2. The molecule has 0 aliphatic carbocycles. The molecule has 33 heavy (non-hydrogen) atoms. The number of pyridine rings is 1. The highest BCUT2D eigenvalue weighted by atomic mass is 32.1. The maximum atomic E-state index is 11.1. The Morgan fingerprint density at radius 2 is 1.76 bits per heavy atom.